The lowest BCUT2D eigenvalue weighted by Crippen LogP contribution is -2.43. The molecule has 1 atom stereocenters. The van der Waals surface area contributed by atoms with Crippen molar-refractivity contribution in [3.8, 4) is 0 Å². The summed E-state index contributed by atoms with van der Waals surface area (Å²) in [6.45, 7) is 7.19. The second-order valence-electron chi connectivity index (χ2n) is 7.12. The molecule has 5 heteroatoms. The van der Waals surface area contributed by atoms with Crippen LogP contribution >= 0.6 is 15.9 Å². The number of ether oxygens (including phenoxy) is 1. The normalized spacial score (nSPS) is 19.1. The van der Waals surface area contributed by atoms with E-state index in [1.54, 1.807) is 0 Å². The fraction of sp³-hybridized carbons (Fsp3) is 0.500. The monoisotopic (exact) mass is 378 g/mol. The van der Waals surface area contributed by atoms with Crippen LogP contribution in [0.1, 0.15) is 39.7 Å². The van der Waals surface area contributed by atoms with E-state index in [0.29, 0.717) is 12.6 Å². The number of hydrogen-bond acceptors (Lipinski definition) is 2. The van der Waals surface area contributed by atoms with Crippen LogP contribution in [-0.2, 0) is 4.74 Å². The van der Waals surface area contributed by atoms with E-state index < -0.39 is 5.60 Å². The summed E-state index contributed by atoms with van der Waals surface area (Å²) >= 11 is 3.60. The van der Waals surface area contributed by atoms with Crippen molar-refractivity contribution in [2.45, 2.75) is 45.3 Å². The molecule has 1 aliphatic rings. The molecule has 0 bridgehead atoms. The van der Waals surface area contributed by atoms with Crippen molar-refractivity contribution >= 4 is 32.9 Å². The highest BCUT2D eigenvalue weighted by molar-refractivity contribution is 9.10. The van der Waals surface area contributed by atoms with Gasteiger partial charge in [-0.25, -0.2) is 4.79 Å². The fourth-order valence-corrected chi connectivity index (χ4v) is 3.63. The second kappa shape index (κ2) is 6.19. The van der Waals surface area contributed by atoms with Gasteiger partial charge in [-0.15, -0.1) is 0 Å². The number of hydrogen-bond donors (Lipinski definition) is 0. The van der Waals surface area contributed by atoms with Gasteiger partial charge in [-0.3, -0.25) is 0 Å². The maximum absolute atomic E-state index is 12.3. The molecule has 0 saturated carbocycles. The van der Waals surface area contributed by atoms with Crippen LogP contribution < -0.4 is 0 Å². The van der Waals surface area contributed by atoms with Crippen LogP contribution in [0.4, 0.5) is 4.79 Å². The number of amides is 1. The first kappa shape index (κ1) is 16.4. The molecule has 2 aromatic rings. The number of carbonyl (C=O) groups is 1. The van der Waals surface area contributed by atoms with E-state index in [9.17, 15) is 4.79 Å². The maximum atomic E-state index is 12.3. The molecule has 3 rings (SSSR count). The molecule has 23 heavy (non-hydrogen) atoms. The van der Waals surface area contributed by atoms with Crippen molar-refractivity contribution in [1.82, 2.24) is 9.47 Å². The summed E-state index contributed by atoms with van der Waals surface area (Å²) in [6, 6.07) is 8.67. The quantitative estimate of drug-likeness (QED) is 0.701. The number of fused-ring (bicyclic) bond motifs is 1. The lowest BCUT2D eigenvalue weighted by Gasteiger charge is -2.35. The first-order valence-electron chi connectivity index (χ1n) is 8.08. The van der Waals surface area contributed by atoms with Crippen molar-refractivity contribution in [1.29, 1.82) is 0 Å². The number of nitrogens with zero attached hydrogens (tertiary/aromatic N) is 2. The topological polar surface area (TPSA) is 34.5 Å². The smallest absolute Gasteiger partial charge is 0.410 e. The van der Waals surface area contributed by atoms with E-state index in [2.05, 4.69) is 51.0 Å². The molecule has 124 valence electrons. The predicted molar refractivity (Wildman–Crippen MR) is 95.7 cm³/mol. The highest BCUT2D eigenvalue weighted by atomic mass is 79.9. The first-order chi connectivity index (χ1) is 10.8. The predicted octanol–water partition coefficient (Wildman–Crippen LogP) is 4.98. The Kier molecular flexibility index (Phi) is 4.41. The molecule has 0 N–H and O–H groups in total. The minimum absolute atomic E-state index is 0.208. The maximum Gasteiger partial charge on any atom is 0.410 e. The summed E-state index contributed by atoms with van der Waals surface area (Å²) in [7, 11) is 0. The average molecular weight is 379 g/mol. The Labute approximate surface area is 145 Å². The molecule has 1 fully saturated rings. The SMILES string of the molecule is CC(C)(C)OC(=O)N1CCC[C@H](n2ccc3c(Br)cccc32)C1. The highest BCUT2D eigenvalue weighted by Crippen LogP contribution is 2.30. The Morgan fingerprint density at radius 1 is 1.30 bits per heavy atom. The van der Waals surface area contributed by atoms with Gasteiger partial charge in [0, 0.05) is 34.7 Å². The van der Waals surface area contributed by atoms with Crippen LogP contribution in [0.2, 0.25) is 0 Å². The standard InChI is InChI=1S/C18H23BrN2O2/c1-18(2,3)23-17(22)20-10-5-6-13(12-20)21-11-9-14-15(19)7-4-8-16(14)21/h4,7-9,11,13H,5-6,10,12H2,1-3H3/t13-/m0/s1. The van der Waals surface area contributed by atoms with E-state index in [4.69, 9.17) is 4.74 Å². The van der Waals surface area contributed by atoms with Gasteiger partial charge in [0.15, 0.2) is 0 Å². The van der Waals surface area contributed by atoms with E-state index in [-0.39, 0.29) is 6.09 Å². The summed E-state index contributed by atoms with van der Waals surface area (Å²) in [5.41, 5.74) is 0.755. The molecular weight excluding hydrogens is 356 g/mol. The van der Waals surface area contributed by atoms with Crippen LogP contribution in [0, 0.1) is 0 Å². The van der Waals surface area contributed by atoms with Crippen molar-refractivity contribution in [3.63, 3.8) is 0 Å². The fourth-order valence-electron chi connectivity index (χ4n) is 3.14. The molecule has 1 aromatic heterocycles. The van der Waals surface area contributed by atoms with Crippen LogP contribution in [0.25, 0.3) is 10.9 Å². The third-order valence-corrected chi connectivity index (χ3v) is 4.84. The van der Waals surface area contributed by atoms with Crippen molar-refractivity contribution in [3.05, 3.63) is 34.9 Å². The average Bonchev–Trinajstić information content (AvgIpc) is 2.91. The third kappa shape index (κ3) is 3.55. The molecule has 0 radical (unpaired) electrons. The molecular formula is C18H23BrN2O2. The summed E-state index contributed by atoms with van der Waals surface area (Å²) in [6.07, 6.45) is 3.99. The number of benzene rings is 1. The Morgan fingerprint density at radius 2 is 2.09 bits per heavy atom. The second-order valence-corrected chi connectivity index (χ2v) is 7.97. The van der Waals surface area contributed by atoms with Gasteiger partial charge in [0.2, 0.25) is 0 Å². The molecule has 4 nitrogen and oxygen atoms in total. The van der Waals surface area contributed by atoms with Gasteiger partial charge < -0.3 is 14.2 Å². The molecule has 0 unspecified atom stereocenters. The Morgan fingerprint density at radius 3 is 2.83 bits per heavy atom. The molecule has 1 saturated heterocycles. The molecule has 1 aliphatic heterocycles. The lowest BCUT2D eigenvalue weighted by atomic mass is 10.1. The molecule has 2 heterocycles. The Balaban J connectivity index is 1.80. The third-order valence-electron chi connectivity index (χ3n) is 4.15. The number of halogens is 1. The van der Waals surface area contributed by atoms with Crippen molar-refractivity contribution in [2.75, 3.05) is 13.1 Å². The number of aromatic nitrogens is 1. The zero-order valence-corrected chi connectivity index (χ0v) is 15.5. The van der Waals surface area contributed by atoms with Crippen LogP contribution in [0.15, 0.2) is 34.9 Å². The van der Waals surface area contributed by atoms with Gasteiger partial charge in [0.25, 0.3) is 0 Å². The summed E-state index contributed by atoms with van der Waals surface area (Å²) in [4.78, 5) is 14.2. The number of likely N-dealkylation sites (tertiary alicyclic amines) is 1. The van der Waals surface area contributed by atoms with Gasteiger partial charge in [-0.1, -0.05) is 22.0 Å². The van der Waals surface area contributed by atoms with Gasteiger partial charge in [0.05, 0.1) is 6.04 Å². The van der Waals surface area contributed by atoms with Gasteiger partial charge in [0.1, 0.15) is 5.60 Å². The molecule has 0 aliphatic carbocycles. The minimum Gasteiger partial charge on any atom is -0.444 e. The zero-order chi connectivity index (χ0) is 16.6. The molecule has 0 spiro atoms. The van der Waals surface area contributed by atoms with Crippen LogP contribution in [0.3, 0.4) is 0 Å². The van der Waals surface area contributed by atoms with E-state index >= 15 is 0 Å². The number of carbonyl (C=O) groups excluding carboxylic acids is 1. The van der Waals surface area contributed by atoms with Gasteiger partial charge in [-0.05, 0) is 51.8 Å². The zero-order valence-electron chi connectivity index (χ0n) is 13.9. The highest BCUT2D eigenvalue weighted by Gasteiger charge is 2.28. The first-order valence-corrected chi connectivity index (χ1v) is 8.87. The summed E-state index contributed by atoms with van der Waals surface area (Å²) in [5, 5.41) is 1.21. The van der Waals surface area contributed by atoms with Crippen LogP contribution in [-0.4, -0.2) is 34.3 Å². The minimum atomic E-state index is -0.449. The van der Waals surface area contributed by atoms with Gasteiger partial charge in [-0.2, -0.15) is 0 Å². The van der Waals surface area contributed by atoms with Gasteiger partial charge >= 0.3 is 6.09 Å². The number of rotatable bonds is 1. The lowest BCUT2D eigenvalue weighted by molar-refractivity contribution is 0.0174. The Hall–Kier alpha value is -1.49. The van der Waals surface area contributed by atoms with E-state index in [1.165, 1.54) is 10.9 Å². The molecule has 1 amide bonds. The van der Waals surface area contributed by atoms with Crippen molar-refractivity contribution in [2.24, 2.45) is 0 Å². The summed E-state index contributed by atoms with van der Waals surface area (Å²) in [5.74, 6) is 0. The van der Waals surface area contributed by atoms with E-state index in [1.807, 2.05) is 25.7 Å². The largest absolute Gasteiger partial charge is 0.444 e. The van der Waals surface area contributed by atoms with Crippen LogP contribution in [0.5, 0.6) is 0 Å². The van der Waals surface area contributed by atoms with Crippen molar-refractivity contribution < 1.29 is 9.53 Å². The summed E-state index contributed by atoms with van der Waals surface area (Å²) < 4.78 is 8.91. The number of piperidine rings is 1. The van der Waals surface area contributed by atoms with E-state index in [0.717, 1.165) is 23.9 Å². The molecule has 1 aromatic carbocycles. The Bertz CT molecular complexity index is 717.